The summed E-state index contributed by atoms with van der Waals surface area (Å²) in [5.74, 6) is 0.431. The highest BCUT2D eigenvalue weighted by atomic mass is 19.4. The number of aryl methyl sites for hydroxylation is 2. The predicted molar refractivity (Wildman–Crippen MR) is 102 cm³/mol. The zero-order valence-corrected chi connectivity index (χ0v) is 16.4. The molecule has 2 aromatic heterocycles. The summed E-state index contributed by atoms with van der Waals surface area (Å²) in [5, 5.41) is 7.29. The highest BCUT2D eigenvalue weighted by Gasteiger charge is 2.47. The van der Waals surface area contributed by atoms with Crippen LogP contribution >= 0.6 is 0 Å². The minimum atomic E-state index is -4.35. The molecule has 1 N–H and O–H groups in total. The Morgan fingerprint density at radius 3 is 2.62 bits per heavy atom. The number of pyridine rings is 1. The van der Waals surface area contributed by atoms with Crippen LogP contribution in [0.3, 0.4) is 0 Å². The van der Waals surface area contributed by atoms with Crippen molar-refractivity contribution in [3.63, 3.8) is 0 Å². The Balaban J connectivity index is 1.45. The van der Waals surface area contributed by atoms with Gasteiger partial charge in [0, 0.05) is 37.1 Å². The van der Waals surface area contributed by atoms with Crippen molar-refractivity contribution in [1.82, 2.24) is 19.7 Å². The smallest absolute Gasteiger partial charge is 0.367 e. The van der Waals surface area contributed by atoms with Crippen molar-refractivity contribution in [2.45, 2.75) is 51.4 Å². The molecule has 29 heavy (non-hydrogen) atoms. The molecule has 0 saturated carbocycles. The number of carbonyl (C=O) groups excluding carboxylic acids is 1. The van der Waals surface area contributed by atoms with Crippen LogP contribution in [0.15, 0.2) is 24.4 Å². The van der Waals surface area contributed by atoms with Gasteiger partial charge >= 0.3 is 6.18 Å². The summed E-state index contributed by atoms with van der Waals surface area (Å²) >= 11 is 0. The van der Waals surface area contributed by atoms with Crippen molar-refractivity contribution < 1.29 is 18.0 Å². The van der Waals surface area contributed by atoms with E-state index >= 15 is 0 Å². The van der Waals surface area contributed by atoms with Crippen LogP contribution in [0, 0.1) is 19.8 Å². The molecule has 0 spiro atoms. The third-order valence-electron chi connectivity index (χ3n) is 5.97. The molecular weight excluding hydrogens is 383 g/mol. The third kappa shape index (κ3) is 3.82. The Kier molecular flexibility index (Phi) is 5.00. The number of halogens is 3. The zero-order chi connectivity index (χ0) is 20.8. The van der Waals surface area contributed by atoms with Crippen molar-refractivity contribution in [2.24, 2.45) is 5.92 Å². The number of alkyl halides is 3. The molecule has 6 nitrogen and oxygen atoms in total. The van der Waals surface area contributed by atoms with E-state index in [1.165, 1.54) is 0 Å². The SMILES string of the molecule is Cc1cc2n(n1)[C@@H](C(F)(F)F)C[C@@H](C1CCN(C(=O)c3cccnc3C)CC1)N2. The summed E-state index contributed by atoms with van der Waals surface area (Å²) in [6.07, 6.45) is -1.41. The molecule has 1 saturated heterocycles. The first-order valence-electron chi connectivity index (χ1n) is 9.84. The van der Waals surface area contributed by atoms with Crippen molar-refractivity contribution in [3.05, 3.63) is 41.3 Å². The number of amides is 1. The number of nitrogens with one attached hydrogen (secondary N) is 1. The van der Waals surface area contributed by atoms with Crippen molar-refractivity contribution >= 4 is 11.7 Å². The van der Waals surface area contributed by atoms with Gasteiger partial charge in [-0.25, -0.2) is 4.68 Å². The van der Waals surface area contributed by atoms with Crippen LogP contribution in [-0.2, 0) is 0 Å². The van der Waals surface area contributed by atoms with Crippen molar-refractivity contribution in [2.75, 3.05) is 18.4 Å². The molecule has 1 amide bonds. The number of piperidine rings is 1. The molecular formula is C20H24F3N5O. The first-order chi connectivity index (χ1) is 13.7. The number of aromatic nitrogens is 3. The van der Waals surface area contributed by atoms with Crippen LogP contribution < -0.4 is 5.32 Å². The van der Waals surface area contributed by atoms with E-state index in [0.717, 1.165) is 4.68 Å². The summed E-state index contributed by atoms with van der Waals surface area (Å²) < 4.78 is 41.9. The molecule has 2 aliphatic heterocycles. The fourth-order valence-corrected chi connectivity index (χ4v) is 4.42. The minimum Gasteiger partial charge on any atom is -0.367 e. The van der Waals surface area contributed by atoms with Gasteiger partial charge < -0.3 is 10.2 Å². The molecule has 156 valence electrons. The number of hydrogen-bond donors (Lipinski definition) is 1. The molecule has 1 fully saturated rings. The Labute approximate surface area is 167 Å². The monoisotopic (exact) mass is 407 g/mol. The summed E-state index contributed by atoms with van der Waals surface area (Å²) in [5.41, 5.74) is 1.83. The quantitative estimate of drug-likeness (QED) is 0.824. The van der Waals surface area contributed by atoms with Gasteiger partial charge in [-0.1, -0.05) is 0 Å². The second-order valence-electron chi connectivity index (χ2n) is 7.93. The minimum absolute atomic E-state index is 0.0437. The van der Waals surface area contributed by atoms with E-state index in [1.807, 2.05) is 0 Å². The molecule has 2 atom stereocenters. The lowest BCUT2D eigenvalue weighted by molar-refractivity contribution is -0.174. The summed E-state index contributed by atoms with van der Waals surface area (Å²) in [6, 6.07) is 3.25. The Bertz CT molecular complexity index is 902. The highest BCUT2D eigenvalue weighted by Crippen LogP contribution is 2.42. The van der Waals surface area contributed by atoms with Gasteiger partial charge in [0.25, 0.3) is 5.91 Å². The number of rotatable bonds is 2. The second-order valence-corrected chi connectivity index (χ2v) is 7.93. The van der Waals surface area contributed by atoms with Gasteiger partial charge in [-0.3, -0.25) is 9.78 Å². The summed E-state index contributed by atoms with van der Waals surface area (Å²) in [7, 11) is 0. The molecule has 0 aliphatic carbocycles. The van der Waals surface area contributed by atoms with Crippen LogP contribution in [0.25, 0.3) is 0 Å². The van der Waals surface area contributed by atoms with Gasteiger partial charge in [-0.15, -0.1) is 0 Å². The van der Waals surface area contributed by atoms with Crippen LogP contribution in [0.4, 0.5) is 19.0 Å². The van der Waals surface area contributed by atoms with Crippen molar-refractivity contribution in [3.8, 4) is 0 Å². The van der Waals surface area contributed by atoms with E-state index in [4.69, 9.17) is 0 Å². The molecule has 0 bridgehead atoms. The second kappa shape index (κ2) is 7.35. The predicted octanol–water partition coefficient (Wildman–Crippen LogP) is 3.73. The van der Waals surface area contributed by atoms with Gasteiger partial charge in [-0.05, 0) is 51.2 Å². The molecule has 9 heteroatoms. The molecule has 0 radical (unpaired) electrons. The first-order valence-corrected chi connectivity index (χ1v) is 9.84. The average molecular weight is 407 g/mol. The number of likely N-dealkylation sites (tertiary alicyclic amines) is 1. The number of carbonyl (C=O) groups is 1. The fraction of sp³-hybridized carbons (Fsp3) is 0.550. The van der Waals surface area contributed by atoms with Gasteiger partial charge in [-0.2, -0.15) is 18.3 Å². The Morgan fingerprint density at radius 2 is 1.97 bits per heavy atom. The lowest BCUT2D eigenvalue weighted by Crippen LogP contribution is -2.47. The Hall–Kier alpha value is -2.58. The number of hydrogen-bond acceptors (Lipinski definition) is 4. The highest BCUT2D eigenvalue weighted by molar-refractivity contribution is 5.95. The molecule has 4 heterocycles. The molecule has 0 aromatic carbocycles. The van der Waals surface area contributed by atoms with Crippen LogP contribution in [0.2, 0.25) is 0 Å². The lowest BCUT2D eigenvalue weighted by atomic mass is 9.84. The van der Waals surface area contributed by atoms with E-state index in [0.29, 0.717) is 48.7 Å². The number of nitrogens with zero attached hydrogens (tertiary/aromatic N) is 4. The standard InChI is InChI=1S/C20H24F3N5O/c1-12-10-18-25-16(11-17(20(21,22)23)28(18)26-12)14-5-8-27(9-6-14)19(29)15-4-3-7-24-13(15)2/h3-4,7,10,14,16-17,25H,5-6,8-9,11H2,1-2H3/t16-,17+/m0/s1. The third-order valence-corrected chi connectivity index (χ3v) is 5.97. The maximum absolute atomic E-state index is 13.6. The maximum Gasteiger partial charge on any atom is 0.410 e. The number of fused-ring (bicyclic) bond motifs is 1. The van der Waals surface area contributed by atoms with Gasteiger partial charge in [0.15, 0.2) is 6.04 Å². The van der Waals surface area contributed by atoms with Gasteiger partial charge in [0.05, 0.1) is 11.3 Å². The topological polar surface area (TPSA) is 63.1 Å². The summed E-state index contributed by atoms with van der Waals surface area (Å²) in [4.78, 5) is 18.7. The zero-order valence-electron chi connectivity index (χ0n) is 16.4. The van der Waals surface area contributed by atoms with E-state index < -0.39 is 12.2 Å². The molecule has 2 aliphatic rings. The van der Waals surface area contributed by atoms with Gasteiger partial charge in [0.2, 0.25) is 0 Å². The largest absolute Gasteiger partial charge is 0.410 e. The van der Waals surface area contributed by atoms with Crippen LogP contribution in [0.5, 0.6) is 0 Å². The van der Waals surface area contributed by atoms with Crippen LogP contribution in [-0.4, -0.2) is 50.9 Å². The molecule has 4 rings (SSSR count). The van der Waals surface area contributed by atoms with E-state index in [2.05, 4.69) is 15.4 Å². The van der Waals surface area contributed by atoms with Crippen LogP contribution in [0.1, 0.15) is 47.1 Å². The number of anilines is 1. The fourth-order valence-electron chi connectivity index (χ4n) is 4.42. The van der Waals surface area contributed by atoms with Crippen molar-refractivity contribution in [1.29, 1.82) is 0 Å². The maximum atomic E-state index is 13.6. The van der Waals surface area contributed by atoms with E-state index in [-0.39, 0.29) is 24.3 Å². The van der Waals surface area contributed by atoms with Gasteiger partial charge in [0.1, 0.15) is 5.82 Å². The summed E-state index contributed by atoms with van der Waals surface area (Å²) in [6.45, 7) is 4.56. The molecule has 0 unspecified atom stereocenters. The average Bonchev–Trinajstić information content (AvgIpc) is 3.06. The molecule has 2 aromatic rings. The van der Waals surface area contributed by atoms with E-state index in [9.17, 15) is 18.0 Å². The Morgan fingerprint density at radius 1 is 1.24 bits per heavy atom. The normalized spacial score (nSPS) is 22.9. The first kappa shape index (κ1) is 19.7. The lowest BCUT2D eigenvalue weighted by Gasteiger charge is -2.41. The van der Waals surface area contributed by atoms with E-state index in [1.54, 1.807) is 43.1 Å².